The molecule has 2 rings (SSSR count). The number of nitrogens with zero attached hydrogens (tertiary/aromatic N) is 1. The Morgan fingerprint density at radius 1 is 1.32 bits per heavy atom. The molecule has 0 radical (unpaired) electrons. The summed E-state index contributed by atoms with van der Waals surface area (Å²) in [6.45, 7) is 6.26. The summed E-state index contributed by atoms with van der Waals surface area (Å²) in [7, 11) is 0. The molecular formula is C17H25NO. The van der Waals surface area contributed by atoms with Gasteiger partial charge in [0.15, 0.2) is 0 Å². The highest BCUT2D eigenvalue weighted by Gasteiger charge is 2.35. The largest absolute Gasteiger partial charge is 0.302 e. The van der Waals surface area contributed by atoms with Crippen LogP contribution in [0.5, 0.6) is 0 Å². The lowest BCUT2D eigenvalue weighted by atomic mass is 9.83. The zero-order valence-electron chi connectivity index (χ0n) is 12.1. The van der Waals surface area contributed by atoms with Crippen LogP contribution in [0, 0.1) is 0 Å². The Balaban J connectivity index is 2.09. The Morgan fingerprint density at radius 3 is 2.53 bits per heavy atom. The van der Waals surface area contributed by atoms with Crippen LogP contribution in [0.3, 0.4) is 0 Å². The third kappa shape index (κ3) is 3.66. The number of unbranched alkanes of at least 4 members (excludes halogenated alkanes) is 1. The van der Waals surface area contributed by atoms with Crippen LogP contribution in [0.1, 0.15) is 45.1 Å². The zero-order valence-corrected chi connectivity index (χ0v) is 12.1. The van der Waals surface area contributed by atoms with E-state index in [4.69, 9.17) is 0 Å². The van der Waals surface area contributed by atoms with Gasteiger partial charge in [-0.15, -0.1) is 0 Å². The second kappa shape index (κ2) is 6.33. The summed E-state index contributed by atoms with van der Waals surface area (Å²) in [6, 6.07) is 10.9. The summed E-state index contributed by atoms with van der Waals surface area (Å²) in [5.74, 6) is 0. The van der Waals surface area contributed by atoms with Crippen LogP contribution < -0.4 is 0 Å². The minimum Gasteiger partial charge on any atom is -0.302 e. The van der Waals surface area contributed by atoms with E-state index in [1.807, 2.05) is 18.2 Å². The smallest absolute Gasteiger partial charge is 0.131 e. The number of carbonyl (C=O) groups excluding carboxylic acids is 1. The molecule has 1 saturated carbocycles. The molecule has 1 atom stereocenters. The van der Waals surface area contributed by atoms with Crippen LogP contribution in [-0.4, -0.2) is 30.3 Å². The number of rotatable bonds is 8. The fourth-order valence-corrected chi connectivity index (χ4v) is 2.63. The van der Waals surface area contributed by atoms with Gasteiger partial charge in [-0.3, -0.25) is 4.90 Å². The average Bonchev–Trinajstić information content (AvgIpc) is 3.29. The lowest BCUT2D eigenvalue weighted by Crippen LogP contribution is -2.41. The van der Waals surface area contributed by atoms with Gasteiger partial charge in [0, 0.05) is 12.6 Å². The van der Waals surface area contributed by atoms with Gasteiger partial charge in [-0.2, -0.15) is 0 Å². The highest BCUT2D eigenvalue weighted by molar-refractivity contribution is 5.68. The summed E-state index contributed by atoms with van der Waals surface area (Å²) >= 11 is 0. The number of hydrogen-bond donors (Lipinski definition) is 0. The van der Waals surface area contributed by atoms with Crippen molar-refractivity contribution in [1.82, 2.24) is 4.90 Å². The lowest BCUT2D eigenvalue weighted by molar-refractivity contribution is -0.112. The van der Waals surface area contributed by atoms with Gasteiger partial charge in [0.2, 0.25) is 0 Å². The molecule has 0 saturated heterocycles. The van der Waals surface area contributed by atoms with E-state index in [2.05, 4.69) is 30.9 Å². The zero-order chi connectivity index (χ0) is 13.7. The van der Waals surface area contributed by atoms with Gasteiger partial charge in [0.25, 0.3) is 0 Å². The number of benzene rings is 1. The SMILES string of the molecule is CCCCN(CC(C)(C=O)c1ccccc1)C1CC1. The van der Waals surface area contributed by atoms with Crippen molar-refractivity contribution in [1.29, 1.82) is 0 Å². The quantitative estimate of drug-likeness (QED) is 0.667. The van der Waals surface area contributed by atoms with Gasteiger partial charge >= 0.3 is 0 Å². The van der Waals surface area contributed by atoms with E-state index in [-0.39, 0.29) is 5.41 Å². The van der Waals surface area contributed by atoms with Gasteiger partial charge in [-0.25, -0.2) is 0 Å². The molecule has 0 bridgehead atoms. The fourth-order valence-electron chi connectivity index (χ4n) is 2.63. The van der Waals surface area contributed by atoms with Crippen LogP contribution >= 0.6 is 0 Å². The van der Waals surface area contributed by atoms with Crippen LogP contribution in [0.4, 0.5) is 0 Å². The van der Waals surface area contributed by atoms with Crippen molar-refractivity contribution in [3.05, 3.63) is 35.9 Å². The molecule has 2 nitrogen and oxygen atoms in total. The molecule has 1 aromatic rings. The van der Waals surface area contributed by atoms with Crippen molar-refractivity contribution in [2.45, 2.75) is 51.0 Å². The summed E-state index contributed by atoms with van der Waals surface area (Å²) in [4.78, 5) is 14.2. The molecule has 1 unspecified atom stereocenters. The Morgan fingerprint density at radius 2 is 2.00 bits per heavy atom. The van der Waals surface area contributed by atoms with Gasteiger partial charge in [0.1, 0.15) is 6.29 Å². The molecule has 19 heavy (non-hydrogen) atoms. The number of hydrogen-bond acceptors (Lipinski definition) is 2. The van der Waals surface area contributed by atoms with E-state index in [0.29, 0.717) is 0 Å². The van der Waals surface area contributed by atoms with Crippen molar-refractivity contribution in [2.24, 2.45) is 0 Å². The minimum atomic E-state index is -0.377. The maximum atomic E-state index is 11.7. The molecule has 1 aliphatic rings. The summed E-state index contributed by atoms with van der Waals surface area (Å²) in [5, 5.41) is 0. The molecule has 0 aromatic heterocycles. The van der Waals surface area contributed by atoms with E-state index in [1.165, 1.54) is 25.7 Å². The molecule has 0 aliphatic heterocycles. The van der Waals surface area contributed by atoms with E-state index >= 15 is 0 Å². The predicted octanol–water partition coefficient (Wildman–Crippen LogP) is 3.41. The maximum Gasteiger partial charge on any atom is 0.131 e. The topological polar surface area (TPSA) is 20.3 Å². The van der Waals surface area contributed by atoms with Crippen molar-refractivity contribution in [3.8, 4) is 0 Å². The Hall–Kier alpha value is -1.15. The van der Waals surface area contributed by atoms with E-state index in [9.17, 15) is 4.79 Å². The molecule has 1 aliphatic carbocycles. The minimum absolute atomic E-state index is 0.377. The Labute approximate surface area is 116 Å². The maximum absolute atomic E-state index is 11.7. The van der Waals surface area contributed by atoms with Crippen LogP contribution in [0.2, 0.25) is 0 Å². The van der Waals surface area contributed by atoms with Crippen LogP contribution in [0.15, 0.2) is 30.3 Å². The van der Waals surface area contributed by atoms with E-state index in [1.54, 1.807) is 0 Å². The van der Waals surface area contributed by atoms with Crippen molar-refractivity contribution in [3.63, 3.8) is 0 Å². The predicted molar refractivity (Wildman–Crippen MR) is 79.4 cm³/mol. The van der Waals surface area contributed by atoms with Crippen molar-refractivity contribution in [2.75, 3.05) is 13.1 Å². The highest BCUT2D eigenvalue weighted by Crippen LogP contribution is 2.31. The summed E-state index contributed by atoms with van der Waals surface area (Å²) < 4.78 is 0. The Bertz CT molecular complexity index is 399. The Kier molecular flexibility index (Phi) is 4.76. The van der Waals surface area contributed by atoms with Gasteiger partial charge in [-0.05, 0) is 38.3 Å². The second-order valence-corrected chi connectivity index (χ2v) is 5.96. The first-order valence-electron chi connectivity index (χ1n) is 7.45. The molecule has 0 amide bonds. The molecule has 1 aromatic carbocycles. The molecule has 2 heteroatoms. The van der Waals surface area contributed by atoms with E-state index < -0.39 is 0 Å². The van der Waals surface area contributed by atoms with Crippen LogP contribution in [0.25, 0.3) is 0 Å². The number of carbonyl (C=O) groups is 1. The first kappa shape index (κ1) is 14.3. The standard InChI is InChI=1S/C17H25NO/c1-3-4-12-18(16-10-11-16)13-17(2,14-19)15-8-6-5-7-9-15/h5-9,14,16H,3-4,10-13H2,1-2H3. The van der Waals surface area contributed by atoms with Gasteiger partial charge in [-0.1, -0.05) is 43.7 Å². The number of aldehydes is 1. The molecule has 0 spiro atoms. The molecule has 104 valence electrons. The fraction of sp³-hybridized carbons (Fsp3) is 0.588. The van der Waals surface area contributed by atoms with Gasteiger partial charge < -0.3 is 4.79 Å². The van der Waals surface area contributed by atoms with E-state index in [0.717, 1.165) is 31.0 Å². The van der Waals surface area contributed by atoms with Crippen molar-refractivity contribution < 1.29 is 4.79 Å². The normalized spacial score (nSPS) is 18.3. The molecule has 0 N–H and O–H groups in total. The monoisotopic (exact) mass is 259 g/mol. The average molecular weight is 259 g/mol. The summed E-state index contributed by atoms with van der Waals surface area (Å²) in [5.41, 5.74) is 0.754. The molecule has 1 fully saturated rings. The first-order chi connectivity index (χ1) is 9.19. The first-order valence-corrected chi connectivity index (χ1v) is 7.45. The van der Waals surface area contributed by atoms with Crippen molar-refractivity contribution >= 4 is 6.29 Å². The molecular weight excluding hydrogens is 234 g/mol. The van der Waals surface area contributed by atoms with Crippen LogP contribution in [-0.2, 0) is 10.2 Å². The van der Waals surface area contributed by atoms with Gasteiger partial charge in [0.05, 0.1) is 5.41 Å². The third-order valence-corrected chi connectivity index (χ3v) is 4.09. The third-order valence-electron chi connectivity index (χ3n) is 4.09. The molecule has 0 heterocycles. The second-order valence-electron chi connectivity index (χ2n) is 5.96. The lowest BCUT2D eigenvalue weighted by Gasteiger charge is -2.32. The summed E-state index contributed by atoms with van der Waals surface area (Å²) in [6.07, 6.45) is 6.16. The highest BCUT2D eigenvalue weighted by atomic mass is 16.1.